The molecule has 2 aromatic rings. The minimum absolute atomic E-state index is 0.129. The molecule has 1 unspecified atom stereocenters. The van der Waals surface area contributed by atoms with Crippen LogP contribution < -0.4 is 14.8 Å². The van der Waals surface area contributed by atoms with Gasteiger partial charge >= 0.3 is 0 Å². The van der Waals surface area contributed by atoms with Gasteiger partial charge in [0.2, 0.25) is 12.7 Å². The lowest BCUT2D eigenvalue weighted by atomic mass is 10.1. The molecule has 0 bridgehead atoms. The zero-order valence-corrected chi connectivity index (χ0v) is 12.2. The number of hydrogen-bond acceptors (Lipinski definition) is 4. The molecule has 0 aliphatic carbocycles. The van der Waals surface area contributed by atoms with Crippen LogP contribution in [0, 0.1) is 0 Å². The summed E-state index contributed by atoms with van der Waals surface area (Å²) in [6.45, 7) is 2.16. The first-order chi connectivity index (χ1) is 10.7. The average Bonchev–Trinajstić information content (AvgIpc) is 3.01. The molecule has 0 saturated carbocycles. The lowest BCUT2D eigenvalue weighted by molar-refractivity contribution is -0.117. The van der Waals surface area contributed by atoms with Gasteiger partial charge in [0.1, 0.15) is 0 Å². The maximum Gasteiger partial charge on any atom is 0.244 e. The van der Waals surface area contributed by atoms with Crippen molar-refractivity contribution in [2.75, 3.05) is 6.79 Å². The van der Waals surface area contributed by atoms with Crippen molar-refractivity contribution in [3.63, 3.8) is 0 Å². The van der Waals surface area contributed by atoms with Gasteiger partial charge in [0, 0.05) is 12.3 Å². The predicted molar refractivity (Wildman–Crippen MR) is 82.4 cm³/mol. The van der Waals surface area contributed by atoms with Crippen LogP contribution in [0.5, 0.6) is 11.5 Å². The monoisotopic (exact) mass is 296 g/mol. The lowest BCUT2D eigenvalue weighted by Gasteiger charge is -2.13. The van der Waals surface area contributed by atoms with Crippen molar-refractivity contribution in [1.82, 2.24) is 10.3 Å². The fourth-order valence-corrected chi connectivity index (χ4v) is 2.16. The zero-order chi connectivity index (χ0) is 15.4. The molecule has 5 heteroatoms. The van der Waals surface area contributed by atoms with E-state index in [0.29, 0.717) is 5.75 Å². The molecule has 1 atom stereocenters. The van der Waals surface area contributed by atoms with Crippen LogP contribution >= 0.6 is 0 Å². The van der Waals surface area contributed by atoms with E-state index in [9.17, 15) is 4.79 Å². The van der Waals surface area contributed by atoms with Gasteiger partial charge in [-0.15, -0.1) is 0 Å². The second-order valence-corrected chi connectivity index (χ2v) is 4.93. The van der Waals surface area contributed by atoms with Crippen molar-refractivity contribution >= 4 is 12.0 Å². The summed E-state index contributed by atoms with van der Waals surface area (Å²) in [5.74, 6) is 1.27. The standard InChI is InChI=1S/C17H16N2O3/c1-12(13-5-7-15-16(10-13)22-11-21-15)19-17(20)8-6-14-4-2-3-9-18-14/h2-10,12H,11H2,1H3,(H,19,20)/b8-6+. The summed E-state index contributed by atoms with van der Waals surface area (Å²) < 4.78 is 10.6. The molecule has 3 rings (SSSR count). The van der Waals surface area contributed by atoms with Crippen molar-refractivity contribution in [1.29, 1.82) is 0 Å². The molecule has 0 spiro atoms. The number of benzene rings is 1. The van der Waals surface area contributed by atoms with Crippen LogP contribution in [-0.4, -0.2) is 17.7 Å². The maximum absolute atomic E-state index is 12.0. The summed E-state index contributed by atoms with van der Waals surface area (Å²) in [5.41, 5.74) is 1.71. The fraction of sp³-hybridized carbons (Fsp3) is 0.176. The Morgan fingerprint density at radius 1 is 1.27 bits per heavy atom. The van der Waals surface area contributed by atoms with E-state index in [1.807, 2.05) is 43.3 Å². The number of hydrogen-bond donors (Lipinski definition) is 1. The van der Waals surface area contributed by atoms with Crippen molar-refractivity contribution < 1.29 is 14.3 Å². The molecule has 0 radical (unpaired) electrons. The number of carbonyl (C=O) groups excluding carboxylic acids is 1. The molecule has 0 fully saturated rings. The minimum atomic E-state index is -0.171. The molecule has 2 heterocycles. The van der Waals surface area contributed by atoms with Crippen molar-refractivity contribution in [3.05, 3.63) is 59.9 Å². The number of pyridine rings is 1. The third kappa shape index (κ3) is 3.25. The summed E-state index contributed by atoms with van der Waals surface area (Å²) in [6.07, 6.45) is 4.85. The van der Waals surface area contributed by atoms with Gasteiger partial charge in [0.15, 0.2) is 11.5 Å². The van der Waals surface area contributed by atoms with E-state index in [0.717, 1.165) is 17.0 Å². The Morgan fingerprint density at radius 2 is 2.14 bits per heavy atom. The Kier molecular flexibility index (Phi) is 4.05. The van der Waals surface area contributed by atoms with Gasteiger partial charge in [0.05, 0.1) is 11.7 Å². The maximum atomic E-state index is 12.0. The first-order valence-electron chi connectivity index (χ1n) is 7.01. The van der Waals surface area contributed by atoms with Gasteiger partial charge < -0.3 is 14.8 Å². The van der Waals surface area contributed by atoms with Crippen LogP contribution in [0.2, 0.25) is 0 Å². The molecular formula is C17H16N2O3. The molecule has 1 aliphatic rings. The van der Waals surface area contributed by atoms with E-state index in [1.165, 1.54) is 6.08 Å². The average molecular weight is 296 g/mol. The van der Waals surface area contributed by atoms with E-state index < -0.39 is 0 Å². The first-order valence-corrected chi connectivity index (χ1v) is 7.01. The SMILES string of the molecule is CC(NC(=O)/C=C/c1ccccn1)c1ccc2c(c1)OCO2. The van der Waals surface area contributed by atoms with E-state index >= 15 is 0 Å². The topological polar surface area (TPSA) is 60.5 Å². The summed E-state index contributed by atoms with van der Waals surface area (Å²) in [5, 5.41) is 2.91. The highest BCUT2D eigenvalue weighted by atomic mass is 16.7. The van der Waals surface area contributed by atoms with Crippen LogP contribution in [0.25, 0.3) is 6.08 Å². The second-order valence-electron chi connectivity index (χ2n) is 4.93. The van der Waals surface area contributed by atoms with Gasteiger partial charge in [-0.05, 0) is 42.8 Å². The van der Waals surface area contributed by atoms with Gasteiger partial charge in [-0.2, -0.15) is 0 Å². The van der Waals surface area contributed by atoms with Crippen LogP contribution in [0.1, 0.15) is 24.2 Å². The Bertz CT molecular complexity index is 698. The highest BCUT2D eigenvalue weighted by Gasteiger charge is 2.16. The van der Waals surface area contributed by atoms with Crippen LogP contribution in [-0.2, 0) is 4.79 Å². The summed E-state index contributed by atoms with van der Waals surface area (Å²) in [6, 6.07) is 11.1. The molecular weight excluding hydrogens is 280 g/mol. The lowest BCUT2D eigenvalue weighted by Crippen LogP contribution is -2.24. The normalized spacial score (nSPS) is 14.0. The molecule has 5 nitrogen and oxygen atoms in total. The van der Waals surface area contributed by atoms with Gasteiger partial charge in [-0.25, -0.2) is 0 Å². The quantitative estimate of drug-likeness (QED) is 0.881. The van der Waals surface area contributed by atoms with Crippen molar-refractivity contribution in [2.45, 2.75) is 13.0 Å². The molecule has 1 aromatic heterocycles. The molecule has 112 valence electrons. The number of carbonyl (C=O) groups is 1. The molecule has 22 heavy (non-hydrogen) atoms. The largest absolute Gasteiger partial charge is 0.454 e. The Hall–Kier alpha value is -2.82. The molecule has 1 N–H and O–H groups in total. The van der Waals surface area contributed by atoms with Crippen LogP contribution in [0.3, 0.4) is 0 Å². The number of nitrogens with zero attached hydrogens (tertiary/aromatic N) is 1. The molecule has 1 aliphatic heterocycles. The number of fused-ring (bicyclic) bond motifs is 1. The number of ether oxygens (including phenoxy) is 2. The highest BCUT2D eigenvalue weighted by Crippen LogP contribution is 2.34. The smallest absolute Gasteiger partial charge is 0.244 e. The third-order valence-corrected chi connectivity index (χ3v) is 3.35. The van der Waals surface area contributed by atoms with Crippen LogP contribution in [0.15, 0.2) is 48.7 Å². The number of amides is 1. The van der Waals surface area contributed by atoms with E-state index in [1.54, 1.807) is 12.3 Å². The fourth-order valence-electron chi connectivity index (χ4n) is 2.16. The number of aromatic nitrogens is 1. The zero-order valence-electron chi connectivity index (χ0n) is 12.2. The summed E-state index contributed by atoms with van der Waals surface area (Å²) in [7, 11) is 0. The van der Waals surface area contributed by atoms with E-state index in [-0.39, 0.29) is 18.7 Å². The van der Waals surface area contributed by atoms with Crippen molar-refractivity contribution in [2.24, 2.45) is 0 Å². The first kappa shape index (κ1) is 14.1. The Labute approximate surface area is 128 Å². The number of rotatable bonds is 4. The molecule has 0 saturated heterocycles. The van der Waals surface area contributed by atoms with Gasteiger partial charge in [0.25, 0.3) is 0 Å². The second kappa shape index (κ2) is 6.30. The van der Waals surface area contributed by atoms with Gasteiger partial charge in [-0.3, -0.25) is 9.78 Å². The summed E-state index contributed by atoms with van der Waals surface area (Å²) >= 11 is 0. The number of nitrogens with one attached hydrogen (secondary N) is 1. The minimum Gasteiger partial charge on any atom is -0.454 e. The van der Waals surface area contributed by atoms with Crippen molar-refractivity contribution in [3.8, 4) is 11.5 Å². The molecule has 1 amide bonds. The van der Waals surface area contributed by atoms with Gasteiger partial charge in [-0.1, -0.05) is 12.1 Å². The van der Waals surface area contributed by atoms with E-state index in [4.69, 9.17) is 9.47 Å². The Balaban J connectivity index is 1.62. The third-order valence-electron chi connectivity index (χ3n) is 3.35. The highest BCUT2D eigenvalue weighted by molar-refractivity contribution is 5.91. The Morgan fingerprint density at radius 3 is 2.95 bits per heavy atom. The molecule has 1 aromatic carbocycles. The van der Waals surface area contributed by atoms with E-state index in [2.05, 4.69) is 10.3 Å². The summed E-state index contributed by atoms with van der Waals surface area (Å²) in [4.78, 5) is 16.1. The predicted octanol–water partition coefficient (Wildman–Crippen LogP) is 2.70. The van der Waals surface area contributed by atoms with Crippen LogP contribution in [0.4, 0.5) is 0 Å².